The Bertz CT molecular complexity index is 776. The third-order valence-corrected chi connectivity index (χ3v) is 4.70. The molecule has 0 amide bonds. The first-order chi connectivity index (χ1) is 12.0. The highest BCUT2D eigenvalue weighted by atomic mass is 28.3. The molecule has 0 fully saturated rings. The predicted octanol–water partition coefficient (Wildman–Crippen LogP) is 4.46. The van der Waals surface area contributed by atoms with Gasteiger partial charge in [-0.05, 0) is 18.2 Å². The molecule has 138 valence electrons. The van der Waals surface area contributed by atoms with Gasteiger partial charge in [0.25, 0.3) is 0 Å². The second-order valence-electron chi connectivity index (χ2n) is 7.93. The second kappa shape index (κ2) is 9.47. The number of rotatable bonds is 5. The molecule has 0 N–H and O–H groups in total. The molecule has 0 aliphatic carbocycles. The lowest BCUT2D eigenvalue weighted by Crippen LogP contribution is -2.17. The summed E-state index contributed by atoms with van der Waals surface area (Å²) in [4.78, 5) is 12.5. The molecule has 0 aromatic heterocycles. The molecule has 0 spiro atoms. The van der Waals surface area contributed by atoms with E-state index in [1.54, 1.807) is 6.07 Å². The number of hydrogen-bond acceptors (Lipinski definition) is 3. The highest BCUT2D eigenvalue weighted by Crippen LogP contribution is 2.14. The predicted molar refractivity (Wildman–Crippen MR) is 113 cm³/mol. The quantitative estimate of drug-likeness (QED) is 0.247. The van der Waals surface area contributed by atoms with Crippen molar-refractivity contribution in [2.75, 3.05) is 13.2 Å². The molecule has 0 aliphatic rings. The van der Waals surface area contributed by atoms with Crippen molar-refractivity contribution in [3.8, 4) is 22.9 Å². The maximum atomic E-state index is 12.5. The first-order valence-electron chi connectivity index (χ1n) is 8.62. The summed E-state index contributed by atoms with van der Waals surface area (Å²) < 4.78 is 10.3. The fourth-order valence-corrected chi connectivity index (χ4v) is 2.79. The van der Waals surface area contributed by atoms with Crippen LogP contribution in [0.5, 0.6) is 0 Å². The standard InChI is InChI=1S/C21H28O3Si2/c1-8-23-13-14-24-21(22)20-17-18(11-15-25(2,3)4)9-10-19(20)12-16-26(5,6)7/h8-10,17H,1,13-14H2,2-7H3. The van der Waals surface area contributed by atoms with Crippen molar-refractivity contribution in [2.45, 2.75) is 39.3 Å². The van der Waals surface area contributed by atoms with Crippen LogP contribution < -0.4 is 0 Å². The van der Waals surface area contributed by atoms with Crippen LogP contribution >= 0.6 is 0 Å². The van der Waals surface area contributed by atoms with Crippen molar-refractivity contribution in [1.82, 2.24) is 0 Å². The van der Waals surface area contributed by atoms with Crippen LogP contribution in [-0.4, -0.2) is 35.3 Å². The third kappa shape index (κ3) is 8.76. The SMILES string of the molecule is C=COCCOC(=O)c1cc(C#C[Si](C)(C)C)ccc1C#C[Si](C)(C)C. The molecule has 0 atom stereocenters. The summed E-state index contributed by atoms with van der Waals surface area (Å²) in [5.74, 6) is 5.93. The second-order valence-corrected chi connectivity index (χ2v) is 17.4. The number of esters is 1. The molecule has 0 unspecified atom stereocenters. The van der Waals surface area contributed by atoms with Crippen molar-refractivity contribution in [2.24, 2.45) is 0 Å². The van der Waals surface area contributed by atoms with Gasteiger partial charge in [-0.3, -0.25) is 0 Å². The summed E-state index contributed by atoms with van der Waals surface area (Å²) in [6, 6.07) is 5.55. The van der Waals surface area contributed by atoms with E-state index >= 15 is 0 Å². The highest BCUT2D eigenvalue weighted by Gasteiger charge is 2.14. The highest BCUT2D eigenvalue weighted by molar-refractivity contribution is 6.84. The minimum Gasteiger partial charge on any atom is -0.498 e. The number of benzene rings is 1. The van der Waals surface area contributed by atoms with E-state index in [2.05, 4.69) is 68.8 Å². The van der Waals surface area contributed by atoms with E-state index in [9.17, 15) is 4.79 Å². The largest absolute Gasteiger partial charge is 0.498 e. The fraction of sp³-hybridized carbons (Fsp3) is 0.381. The maximum Gasteiger partial charge on any atom is 0.339 e. The first kappa shape index (κ1) is 21.8. The Morgan fingerprint density at radius 3 is 2.23 bits per heavy atom. The fourth-order valence-electron chi connectivity index (χ4n) is 1.76. The van der Waals surface area contributed by atoms with E-state index in [1.165, 1.54) is 6.26 Å². The molecule has 0 heterocycles. The lowest BCUT2D eigenvalue weighted by Gasteiger charge is -2.09. The van der Waals surface area contributed by atoms with Gasteiger partial charge in [0.2, 0.25) is 0 Å². The zero-order valence-corrected chi connectivity index (χ0v) is 18.7. The van der Waals surface area contributed by atoms with Crippen LogP contribution in [0.2, 0.25) is 39.3 Å². The molecule has 0 saturated heterocycles. The Balaban J connectivity index is 3.19. The average molecular weight is 385 g/mol. The Morgan fingerprint density at radius 1 is 1.04 bits per heavy atom. The van der Waals surface area contributed by atoms with Crippen LogP contribution in [0.1, 0.15) is 21.5 Å². The minimum absolute atomic E-state index is 0.163. The zero-order valence-electron chi connectivity index (χ0n) is 16.7. The number of carbonyl (C=O) groups excluding carboxylic acids is 1. The number of hydrogen-bond donors (Lipinski definition) is 0. The smallest absolute Gasteiger partial charge is 0.339 e. The summed E-state index contributed by atoms with van der Waals surface area (Å²) in [7, 11) is -3.05. The number of ether oxygens (including phenoxy) is 2. The van der Waals surface area contributed by atoms with E-state index in [0.29, 0.717) is 11.1 Å². The van der Waals surface area contributed by atoms with Gasteiger partial charge in [-0.1, -0.05) is 57.7 Å². The summed E-state index contributed by atoms with van der Waals surface area (Å²) in [6.07, 6.45) is 1.32. The summed E-state index contributed by atoms with van der Waals surface area (Å²) in [5, 5.41) is 0. The molecular formula is C21H28O3Si2. The van der Waals surface area contributed by atoms with Crippen LogP contribution in [0.25, 0.3) is 0 Å². The van der Waals surface area contributed by atoms with Gasteiger partial charge in [0.05, 0.1) is 11.8 Å². The van der Waals surface area contributed by atoms with Crippen LogP contribution in [0, 0.1) is 22.9 Å². The zero-order chi connectivity index (χ0) is 19.8. The van der Waals surface area contributed by atoms with Crippen molar-refractivity contribution in [1.29, 1.82) is 0 Å². The van der Waals surface area contributed by atoms with Crippen molar-refractivity contribution in [3.05, 3.63) is 47.7 Å². The van der Waals surface area contributed by atoms with E-state index in [4.69, 9.17) is 9.47 Å². The molecule has 0 bridgehead atoms. The Hall–Kier alpha value is -2.22. The molecule has 3 nitrogen and oxygen atoms in total. The molecule has 26 heavy (non-hydrogen) atoms. The van der Waals surface area contributed by atoms with Crippen LogP contribution in [-0.2, 0) is 9.47 Å². The molecule has 5 heteroatoms. The Labute approximate surface area is 159 Å². The third-order valence-electron chi connectivity index (χ3n) is 2.95. The van der Waals surface area contributed by atoms with Crippen molar-refractivity contribution in [3.63, 3.8) is 0 Å². The monoisotopic (exact) mass is 384 g/mol. The molecule has 1 aromatic carbocycles. The molecule has 0 saturated carbocycles. The van der Waals surface area contributed by atoms with Gasteiger partial charge in [-0.2, -0.15) is 0 Å². The van der Waals surface area contributed by atoms with Crippen LogP contribution in [0.3, 0.4) is 0 Å². The molecule has 0 radical (unpaired) electrons. The first-order valence-corrected chi connectivity index (χ1v) is 15.6. The Morgan fingerprint density at radius 2 is 1.65 bits per heavy atom. The summed E-state index contributed by atoms with van der Waals surface area (Å²) in [6.45, 7) is 16.9. The van der Waals surface area contributed by atoms with Gasteiger partial charge < -0.3 is 9.47 Å². The average Bonchev–Trinajstić information content (AvgIpc) is 2.53. The van der Waals surface area contributed by atoms with Gasteiger partial charge in [-0.25, -0.2) is 4.79 Å². The van der Waals surface area contributed by atoms with Gasteiger partial charge >= 0.3 is 5.97 Å². The van der Waals surface area contributed by atoms with Crippen molar-refractivity contribution < 1.29 is 14.3 Å². The Kier molecular flexibility index (Phi) is 7.95. The minimum atomic E-state index is -1.55. The maximum absolute atomic E-state index is 12.5. The summed E-state index contributed by atoms with van der Waals surface area (Å²) >= 11 is 0. The lowest BCUT2D eigenvalue weighted by atomic mass is 10.0. The van der Waals surface area contributed by atoms with Gasteiger partial charge in [0.1, 0.15) is 29.4 Å². The van der Waals surface area contributed by atoms with Crippen LogP contribution in [0.4, 0.5) is 0 Å². The number of carbonyl (C=O) groups is 1. The lowest BCUT2D eigenvalue weighted by molar-refractivity contribution is 0.0420. The van der Waals surface area contributed by atoms with Crippen molar-refractivity contribution >= 4 is 22.1 Å². The van der Waals surface area contributed by atoms with E-state index in [-0.39, 0.29) is 13.2 Å². The normalized spacial score (nSPS) is 10.7. The molecule has 1 rings (SSSR count). The summed E-state index contributed by atoms with van der Waals surface area (Å²) in [5.41, 5.74) is 8.56. The van der Waals surface area contributed by atoms with Gasteiger partial charge in [-0.15, -0.1) is 11.1 Å². The van der Waals surface area contributed by atoms with E-state index in [1.807, 2.05) is 12.1 Å². The van der Waals surface area contributed by atoms with Gasteiger partial charge in [0, 0.05) is 11.1 Å². The molecule has 1 aromatic rings. The van der Waals surface area contributed by atoms with E-state index < -0.39 is 22.1 Å². The molecule has 0 aliphatic heterocycles. The van der Waals surface area contributed by atoms with Crippen LogP contribution in [0.15, 0.2) is 31.0 Å². The molecular weight excluding hydrogens is 356 g/mol. The van der Waals surface area contributed by atoms with Gasteiger partial charge in [0.15, 0.2) is 0 Å². The topological polar surface area (TPSA) is 35.5 Å². The van der Waals surface area contributed by atoms with E-state index in [0.717, 1.165) is 5.56 Å².